The summed E-state index contributed by atoms with van der Waals surface area (Å²) < 4.78 is 0. The fraction of sp³-hybridized carbons (Fsp3) is 0.188. The minimum absolute atomic E-state index is 0.0805. The van der Waals surface area contributed by atoms with E-state index in [1.165, 1.54) is 6.07 Å². The number of anilines is 1. The lowest BCUT2D eigenvalue weighted by atomic mass is 10.1. The molecule has 2 rings (SSSR count). The molecule has 0 aliphatic carbocycles. The van der Waals surface area contributed by atoms with Gasteiger partial charge in [-0.05, 0) is 30.5 Å². The van der Waals surface area contributed by atoms with E-state index in [4.69, 9.17) is 0 Å². The van der Waals surface area contributed by atoms with Crippen molar-refractivity contribution in [3.05, 3.63) is 69.8 Å². The minimum Gasteiger partial charge on any atom is -0.320 e. The molecule has 0 unspecified atom stereocenters. The van der Waals surface area contributed by atoms with Crippen molar-refractivity contribution in [2.75, 3.05) is 5.32 Å². The van der Waals surface area contributed by atoms with Crippen LogP contribution in [0, 0.1) is 17.0 Å². The first-order chi connectivity index (χ1) is 10.1. The third-order valence-electron chi connectivity index (χ3n) is 3.11. The summed E-state index contributed by atoms with van der Waals surface area (Å²) in [5.74, 6) is -0.231. The van der Waals surface area contributed by atoms with Crippen molar-refractivity contribution in [2.24, 2.45) is 0 Å². The molecule has 5 nitrogen and oxygen atoms in total. The van der Waals surface area contributed by atoms with Crippen LogP contribution in [0.2, 0.25) is 0 Å². The van der Waals surface area contributed by atoms with E-state index >= 15 is 0 Å². The highest BCUT2D eigenvalue weighted by atomic mass is 16.6. The molecule has 0 aliphatic rings. The molecule has 0 heterocycles. The van der Waals surface area contributed by atoms with Crippen molar-refractivity contribution in [3.63, 3.8) is 0 Å². The zero-order chi connectivity index (χ0) is 15.2. The lowest BCUT2D eigenvalue weighted by Crippen LogP contribution is -2.13. The smallest absolute Gasteiger partial charge is 0.293 e. The SMILES string of the molecule is Cc1ccc(NC(=O)CCc2ccccc2)c([N+](=O)[O-])c1. The van der Waals surface area contributed by atoms with Crippen LogP contribution in [0.25, 0.3) is 0 Å². The van der Waals surface area contributed by atoms with Crippen LogP contribution in [0.5, 0.6) is 0 Å². The average Bonchev–Trinajstić information content (AvgIpc) is 2.48. The Morgan fingerprint density at radius 1 is 1.19 bits per heavy atom. The van der Waals surface area contributed by atoms with E-state index in [2.05, 4.69) is 5.32 Å². The van der Waals surface area contributed by atoms with Gasteiger partial charge in [0.15, 0.2) is 0 Å². The molecular formula is C16H16N2O3. The summed E-state index contributed by atoms with van der Waals surface area (Å²) in [6.07, 6.45) is 0.890. The van der Waals surface area contributed by atoms with E-state index in [9.17, 15) is 14.9 Å². The molecular weight excluding hydrogens is 268 g/mol. The van der Waals surface area contributed by atoms with Crippen LogP contribution >= 0.6 is 0 Å². The maximum atomic E-state index is 11.9. The number of nitrogens with zero attached hydrogens (tertiary/aromatic N) is 1. The molecule has 2 aromatic carbocycles. The van der Waals surface area contributed by atoms with Gasteiger partial charge in [0.1, 0.15) is 5.69 Å². The molecule has 0 aliphatic heterocycles. The first-order valence-electron chi connectivity index (χ1n) is 6.65. The van der Waals surface area contributed by atoms with Crippen LogP contribution in [-0.2, 0) is 11.2 Å². The first kappa shape index (κ1) is 14.7. The Hall–Kier alpha value is -2.69. The van der Waals surface area contributed by atoms with Gasteiger partial charge in [-0.1, -0.05) is 36.4 Å². The van der Waals surface area contributed by atoms with Crippen molar-refractivity contribution in [1.29, 1.82) is 0 Å². The number of nitrogens with one attached hydrogen (secondary N) is 1. The molecule has 0 bridgehead atoms. The summed E-state index contributed by atoms with van der Waals surface area (Å²) in [5, 5.41) is 13.6. The van der Waals surface area contributed by atoms with Crippen LogP contribution < -0.4 is 5.32 Å². The van der Waals surface area contributed by atoms with Crippen molar-refractivity contribution < 1.29 is 9.72 Å². The highest BCUT2D eigenvalue weighted by molar-refractivity contribution is 5.93. The molecule has 108 valence electrons. The van der Waals surface area contributed by atoms with E-state index in [-0.39, 0.29) is 23.7 Å². The molecule has 2 aromatic rings. The molecule has 5 heteroatoms. The van der Waals surface area contributed by atoms with Crippen LogP contribution in [0.15, 0.2) is 48.5 Å². The van der Waals surface area contributed by atoms with Gasteiger partial charge in [-0.2, -0.15) is 0 Å². The first-order valence-corrected chi connectivity index (χ1v) is 6.65. The minimum atomic E-state index is -0.486. The number of aryl methyl sites for hydroxylation is 2. The van der Waals surface area contributed by atoms with Crippen LogP contribution in [0.4, 0.5) is 11.4 Å². The third kappa shape index (κ3) is 4.14. The number of benzene rings is 2. The van der Waals surface area contributed by atoms with Gasteiger partial charge in [-0.15, -0.1) is 0 Å². The standard InChI is InChI=1S/C16H16N2O3/c1-12-7-9-14(15(11-12)18(20)21)17-16(19)10-8-13-5-3-2-4-6-13/h2-7,9,11H,8,10H2,1H3,(H,17,19). The quantitative estimate of drug-likeness (QED) is 0.675. The normalized spacial score (nSPS) is 10.1. The molecule has 21 heavy (non-hydrogen) atoms. The summed E-state index contributed by atoms with van der Waals surface area (Å²) in [6, 6.07) is 14.4. The van der Waals surface area contributed by atoms with Crippen LogP contribution in [0.3, 0.4) is 0 Å². The zero-order valence-corrected chi connectivity index (χ0v) is 11.7. The molecule has 0 aromatic heterocycles. The topological polar surface area (TPSA) is 72.2 Å². The van der Waals surface area contributed by atoms with Gasteiger partial charge in [-0.3, -0.25) is 14.9 Å². The second-order valence-corrected chi connectivity index (χ2v) is 4.81. The van der Waals surface area contributed by atoms with Gasteiger partial charge in [-0.25, -0.2) is 0 Å². The predicted octanol–water partition coefficient (Wildman–Crippen LogP) is 3.47. The van der Waals surface area contributed by atoms with Gasteiger partial charge in [0.2, 0.25) is 5.91 Å². The fourth-order valence-electron chi connectivity index (χ4n) is 2.01. The highest BCUT2D eigenvalue weighted by Crippen LogP contribution is 2.25. The van der Waals surface area contributed by atoms with E-state index in [0.29, 0.717) is 6.42 Å². The Morgan fingerprint density at radius 2 is 1.90 bits per heavy atom. The van der Waals surface area contributed by atoms with Gasteiger partial charge >= 0.3 is 0 Å². The molecule has 0 atom stereocenters. The number of hydrogen-bond acceptors (Lipinski definition) is 3. The average molecular weight is 284 g/mol. The lowest BCUT2D eigenvalue weighted by molar-refractivity contribution is -0.384. The summed E-state index contributed by atoms with van der Waals surface area (Å²) in [5.41, 5.74) is 2.00. The van der Waals surface area contributed by atoms with Gasteiger partial charge in [0.25, 0.3) is 5.69 Å². The Kier molecular flexibility index (Phi) is 4.66. The summed E-state index contributed by atoms with van der Waals surface area (Å²) >= 11 is 0. The molecule has 0 fully saturated rings. The van der Waals surface area contributed by atoms with Gasteiger partial charge in [0, 0.05) is 12.5 Å². The Morgan fingerprint density at radius 3 is 2.57 bits per heavy atom. The Labute approximate surface area is 122 Å². The van der Waals surface area contributed by atoms with Crippen molar-refractivity contribution in [3.8, 4) is 0 Å². The van der Waals surface area contributed by atoms with Crippen molar-refractivity contribution >= 4 is 17.3 Å². The van der Waals surface area contributed by atoms with E-state index in [1.54, 1.807) is 19.1 Å². The lowest BCUT2D eigenvalue weighted by Gasteiger charge is -2.07. The third-order valence-corrected chi connectivity index (χ3v) is 3.11. The van der Waals surface area contributed by atoms with Crippen LogP contribution in [-0.4, -0.2) is 10.8 Å². The molecule has 0 saturated heterocycles. The number of hydrogen-bond donors (Lipinski definition) is 1. The Balaban J connectivity index is 2.01. The monoisotopic (exact) mass is 284 g/mol. The second kappa shape index (κ2) is 6.65. The van der Waals surface area contributed by atoms with Crippen molar-refractivity contribution in [2.45, 2.75) is 19.8 Å². The Bertz CT molecular complexity index is 654. The largest absolute Gasteiger partial charge is 0.320 e. The highest BCUT2D eigenvalue weighted by Gasteiger charge is 2.15. The van der Waals surface area contributed by atoms with Gasteiger partial charge < -0.3 is 5.32 Å². The summed E-state index contributed by atoms with van der Waals surface area (Å²) in [7, 11) is 0. The molecule has 1 amide bonds. The zero-order valence-electron chi connectivity index (χ0n) is 11.7. The number of carbonyl (C=O) groups excluding carboxylic acids is 1. The van der Waals surface area contributed by atoms with Gasteiger partial charge in [0.05, 0.1) is 4.92 Å². The molecule has 0 saturated carbocycles. The van der Waals surface area contributed by atoms with E-state index in [1.807, 2.05) is 30.3 Å². The van der Waals surface area contributed by atoms with Crippen molar-refractivity contribution in [1.82, 2.24) is 0 Å². The second-order valence-electron chi connectivity index (χ2n) is 4.81. The predicted molar refractivity (Wildman–Crippen MR) is 81.2 cm³/mol. The molecule has 0 spiro atoms. The summed E-state index contributed by atoms with van der Waals surface area (Å²) in [4.78, 5) is 22.4. The molecule has 0 radical (unpaired) electrons. The van der Waals surface area contributed by atoms with Crippen LogP contribution in [0.1, 0.15) is 17.5 Å². The number of carbonyl (C=O) groups is 1. The van der Waals surface area contributed by atoms with E-state index in [0.717, 1.165) is 11.1 Å². The summed E-state index contributed by atoms with van der Waals surface area (Å²) in [6.45, 7) is 1.77. The maximum Gasteiger partial charge on any atom is 0.293 e. The number of amides is 1. The maximum absolute atomic E-state index is 11.9. The number of nitro benzene ring substituents is 1. The fourth-order valence-corrected chi connectivity index (χ4v) is 2.01. The number of rotatable bonds is 5. The van der Waals surface area contributed by atoms with E-state index < -0.39 is 4.92 Å². The molecule has 1 N–H and O–H groups in total. The number of nitro groups is 1.